The monoisotopic (exact) mass is 235 g/mol. The summed E-state index contributed by atoms with van der Waals surface area (Å²) in [6, 6.07) is 7.79. The van der Waals surface area contributed by atoms with Gasteiger partial charge in [0.1, 0.15) is 0 Å². The molecule has 0 saturated carbocycles. The summed E-state index contributed by atoms with van der Waals surface area (Å²) < 4.78 is 0. The molecule has 2 amide bonds. The van der Waals surface area contributed by atoms with Crippen LogP contribution in [0.3, 0.4) is 0 Å². The molecule has 3 N–H and O–H groups in total. The van der Waals surface area contributed by atoms with Crippen molar-refractivity contribution in [1.82, 2.24) is 4.90 Å². The van der Waals surface area contributed by atoms with Crippen LogP contribution < -0.4 is 11.1 Å². The van der Waals surface area contributed by atoms with Gasteiger partial charge in [-0.1, -0.05) is 12.1 Å². The van der Waals surface area contributed by atoms with Gasteiger partial charge in [-0.2, -0.15) is 0 Å². The number of benzene rings is 1. The molecule has 17 heavy (non-hydrogen) atoms. The number of nitrogens with one attached hydrogen (secondary N) is 1. The van der Waals surface area contributed by atoms with Crippen LogP contribution in [-0.4, -0.2) is 30.6 Å². The molecule has 0 aliphatic rings. The Bertz CT molecular complexity index is 379. The van der Waals surface area contributed by atoms with E-state index >= 15 is 0 Å². The number of aryl methyl sites for hydroxylation is 1. The van der Waals surface area contributed by atoms with Gasteiger partial charge in [0.25, 0.3) is 0 Å². The highest BCUT2D eigenvalue weighted by Gasteiger charge is 2.14. The second kappa shape index (κ2) is 6.25. The van der Waals surface area contributed by atoms with Crippen molar-refractivity contribution < 1.29 is 4.79 Å². The minimum atomic E-state index is -0.100. The van der Waals surface area contributed by atoms with Gasteiger partial charge in [0.2, 0.25) is 0 Å². The molecular weight excluding hydrogens is 214 g/mol. The normalized spacial score (nSPS) is 12.0. The maximum absolute atomic E-state index is 11.9. The first kappa shape index (κ1) is 13.5. The van der Waals surface area contributed by atoms with Crippen molar-refractivity contribution in [1.29, 1.82) is 0 Å². The van der Waals surface area contributed by atoms with Gasteiger partial charge in [-0.15, -0.1) is 0 Å². The molecule has 1 aromatic rings. The van der Waals surface area contributed by atoms with Gasteiger partial charge in [0.15, 0.2) is 0 Å². The first-order valence-electron chi connectivity index (χ1n) is 5.85. The molecule has 0 spiro atoms. The first-order valence-corrected chi connectivity index (χ1v) is 5.85. The Hall–Kier alpha value is -1.55. The van der Waals surface area contributed by atoms with Gasteiger partial charge in [-0.25, -0.2) is 4.79 Å². The smallest absolute Gasteiger partial charge is 0.321 e. The van der Waals surface area contributed by atoms with Crippen molar-refractivity contribution in [3.63, 3.8) is 0 Å². The van der Waals surface area contributed by atoms with Crippen molar-refractivity contribution in [2.45, 2.75) is 26.3 Å². The lowest BCUT2D eigenvalue weighted by molar-refractivity contribution is 0.206. The van der Waals surface area contributed by atoms with Gasteiger partial charge < -0.3 is 16.0 Å². The van der Waals surface area contributed by atoms with Crippen LogP contribution in [0.5, 0.6) is 0 Å². The minimum Gasteiger partial charge on any atom is -0.330 e. The number of nitrogens with zero attached hydrogens (tertiary/aromatic N) is 1. The fourth-order valence-electron chi connectivity index (χ4n) is 1.57. The van der Waals surface area contributed by atoms with Crippen LogP contribution in [0, 0.1) is 6.92 Å². The fraction of sp³-hybridized carbons (Fsp3) is 0.462. The molecule has 0 fully saturated rings. The van der Waals surface area contributed by atoms with E-state index in [-0.39, 0.29) is 12.1 Å². The van der Waals surface area contributed by atoms with Gasteiger partial charge in [-0.05, 0) is 44.5 Å². The third-order valence-corrected chi connectivity index (χ3v) is 2.84. The number of rotatable bonds is 4. The van der Waals surface area contributed by atoms with Gasteiger partial charge in [0.05, 0.1) is 0 Å². The van der Waals surface area contributed by atoms with E-state index in [1.54, 1.807) is 11.9 Å². The van der Waals surface area contributed by atoms with Crippen LogP contribution >= 0.6 is 0 Å². The van der Waals surface area contributed by atoms with E-state index in [1.165, 1.54) is 0 Å². The number of anilines is 1. The second-order valence-corrected chi connectivity index (χ2v) is 4.34. The number of urea groups is 1. The van der Waals surface area contributed by atoms with Crippen molar-refractivity contribution >= 4 is 11.7 Å². The molecule has 4 nitrogen and oxygen atoms in total. The molecule has 1 aromatic carbocycles. The van der Waals surface area contributed by atoms with Crippen LogP contribution in [0.15, 0.2) is 24.3 Å². The summed E-state index contributed by atoms with van der Waals surface area (Å²) in [6.45, 7) is 4.57. The first-order chi connectivity index (χ1) is 8.04. The third-order valence-electron chi connectivity index (χ3n) is 2.84. The van der Waals surface area contributed by atoms with E-state index in [4.69, 9.17) is 5.73 Å². The van der Waals surface area contributed by atoms with Crippen molar-refractivity contribution in [3.8, 4) is 0 Å². The molecule has 0 heterocycles. The van der Waals surface area contributed by atoms with Crippen molar-refractivity contribution in [3.05, 3.63) is 29.8 Å². The topological polar surface area (TPSA) is 58.4 Å². The average Bonchev–Trinajstić information content (AvgIpc) is 2.28. The molecule has 1 atom stereocenters. The Morgan fingerprint density at radius 1 is 1.53 bits per heavy atom. The second-order valence-electron chi connectivity index (χ2n) is 4.34. The molecule has 0 aliphatic heterocycles. The summed E-state index contributed by atoms with van der Waals surface area (Å²) in [4.78, 5) is 13.6. The molecular formula is C13H21N3O. The number of nitrogens with two attached hydrogens (primary N) is 1. The summed E-state index contributed by atoms with van der Waals surface area (Å²) in [6.07, 6.45) is 0.803. The zero-order valence-electron chi connectivity index (χ0n) is 10.7. The quantitative estimate of drug-likeness (QED) is 0.840. The maximum Gasteiger partial charge on any atom is 0.321 e. The molecule has 4 heteroatoms. The Balaban J connectivity index is 2.60. The summed E-state index contributed by atoms with van der Waals surface area (Å²) in [5.41, 5.74) is 7.43. The Morgan fingerprint density at radius 3 is 2.82 bits per heavy atom. The van der Waals surface area contributed by atoms with E-state index < -0.39 is 0 Å². The van der Waals surface area contributed by atoms with Crippen LogP contribution in [-0.2, 0) is 0 Å². The summed E-state index contributed by atoms with van der Waals surface area (Å²) in [5.74, 6) is 0. The minimum absolute atomic E-state index is 0.100. The van der Waals surface area contributed by atoms with Crippen molar-refractivity contribution in [2.24, 2.45) is 5.73 Å². The van der Waals surface area contributed by atoms with Crippen LogP contribution in [0.1, 0.15) is 18.9 Å². The summed E-state index contributed by atoms with van der Waals surface area (Å²) >= 11 is 0. The molecule has 0 aromatic heterocycles. The molecule has 1 unspecified atom stereocenters. The lowest BCUT2D eigenvalue weighted by atomic mass is 10.2. The average molecular weight is 235 g/mol. The van der Waals surface area contributed by atoms with Crippen LogP contribution in [0.25, 0.3) is 0 Å². The summed E-state index contributed by atoms with van der Waals surface area (Å²) in [7, 11) is 1.78. The van der Waals surface area contributed by atoms with Crippen molar-refractivity contribution in [2.75, 3.05) is 18.9 Å². The largest absolute Gasteiger partial charge is 0.330 e. The van der Waals surface area contributed by atoms with Crippen LogP contribution in [0.4, 0.5) is 10.5 Å². The predicted octanol–water partition coefficient (Wildman–Crippen LogP) is 2.20. The predicted molar refractivity (Wildman–Crippen MR) is 71.1 cm³/mol. The molecule has 0 bridgehead atoms. The zero-order valence-corrected chi connectivity index (χ0v) is 10.7. The number of amides is 2. The van der Waals surface area contributed by atoms with E-state index in [1.807, 2.05) is 38.1 Å². The number of hydrogen-bond donors (Lipinski definition) is 2. The van der Waals surface area contributed by atoms with E-state index in [2.05, 4.69) is 5.32 Å². The van der Waals surface area contributed by atoms with E-state index in [0.29, 0.717) is 6.54 Å². The highest BCUT2D eigenvalue weighted by Crippen LogP contribution is 2.11. The molecule has 0 aliphatic carbocycles. The molecule has 0 saturated heterocycles. The highest BCUT2D eigenvalue weighted by atomic mass is 16.2. The molecule has 94 valence electrons. The molecule has 1 rings (SSSR count). The fourth-order valence-corrected chi connectivity index (χ4v) is 1.57. The third kappa shape index (κ3) is 4.07. The summed E-state index contributed by atoms with van der Waals surface area (Å²) in [5, 5.41) is 2.87. The SMILES string of the molecule is Cc1cccc(NC(=O)N(C)C(C)CCN)c1. The highest BCUT2D eigenvalue weighted by molar-refractivity contribution is 5.89. The molecule has 0 radical (unpaired) electrons. The van der Waals surface area contributed by atoms with Gasteiger partial charge in [0, 0.05) is 18.8 Å². The standard InChI is InChI=1S/C13H21N3O/c1-10-5-4-6-12(9-10)15-13(17)16(3)11(2)7-8-14/h4-6,9,11H,7-8,14H2,1-3H3,(H,15,17). The Labute approximate surface area is 103 Å². The van der Waals surface area contributed by atoms with Gasteiger partial charge >= 0.3 is 6.03 Å². The number of carbonyl (C=O) groups is 1. The zero-order chi connectivity index (χ0) is 12.8. The number of carbonyl (C=O) groups excluding carboxylic acids is 1. The lowest BCUT2D eigenvalue weighted by Crippen LogP contribution is -2.39. The van der Waals surface area contributed by atoms with Crippen LogP contribution in [0.2, 0.25) is 0 Å². The maximum atomic E-state index is 11.9. The lowest BCUT2D eigenvalue weighted by Gasteiger charge is -2.24. The van der Waals surface area contributed by atoms with E-state index in [0.717, 1.165) is 17.7 Å². The van der Waals surface area contributed by atoms with Gasteiger partial charge in [-0.3, -0.25) is 0 Å². The number of hydrogen-bond acceptors (Lipinski definition) is 2. The Kier molecular flexibility index (Phi) is 4.97. The van der Waals surface area contributed by atoms with E-state index in [9.17, 15) is 4.79 Å². The Morgan fingerprint density at radius 2 is 2.24 bits per heavy atom.